The number of rotatable bonds is 5. The summed E-state index contributed by atoms with van der Waals surface area (Å²) < 4.78 is 7.57. The molecule has 0 spiro atoms. The van der Waals surface area contributed by atoms with Gasteiger partial charge in [-0.2, -0.15) is 0 Å². The lowest BCUT2D eigenvalue weighted by Gasteiger charge is -2.09. The van der Waals surface area contributed by atoms with E-state index in [9.17, 15) is 14.7 Å². The molecule has 0 saturated heterocycles. The molecule has 7 heteroatoms. The van der Waals surface area contributed by atoms with E-state index in [0.717, 1.165) is 5.69 Å². The molecule has 0 saturated carbocycles. The van der Waals surface area contributed by atoms with Gasteiger partial charge in [-0.15, -0.1) is 0 Å². The molecule has 1 amide bonds. The average molecular weight is 373 g/mol. The summed E-state index contributed by atoms with van der Waals surface area (Å²) in [6.07, 6.45) is 1.64. The summed E-state index contributed by atoms with van der Waals surface area (Å²) in [6.45, 7) is 0. The summed E-state index contributed by atoms with van der Waals surface area (Å²) in [5.41, 5.74) is 8.06. The molecule has 28 heavy (non-hydrogen) atoms. The maximum atomic E-state index is 11.3. The number of nitrogens with two attached hydrogens (primary N) is 1. The summed E-state index contributed by atoms with van der Waals surface area (Å²) in [5.74, 6) is -0.422. The second-order valence-corrected chi connectivity index (χ2v) is 6.11. The number of hydrogen-bond acceptors (Lipinski definition) is 4. The predicted molar refractivity (Wildman–Crippen MR) is 103 cm³/mol. The highest BCUT2D eigenvalue weighted by molar-refractivity contribution is 5.93. The SMILES string of the molecule is NC(=O)c1cccc(Oc2ccc(-n3cnc4ccc(C(=O)O)cc43)cc2)c1. The minimum absolute atomic E-state index is 0.198. The molecule has 0 bridgehead atoms. The molecule has 0 radical (unpaired) electrons. The van der Waals surface area contributed by atoms with E-state index < -0.39 is 11.9 Å². The maximum absolute atomic E-state index is 11.3. The minimum atomic E-state index is -0.989. The fourth-order valence-electron chi connectivity index (χ4n) is 2.87. The number of hydrogen-bond donors (Lipinski definition) is 2. The zero-order chi connectivity index (χ0) is 19.7. The first-order valence-corrected chi connectivity index (χ1v) is 8.40. The lowest BCUT2D eigenvalue weighted by Crippen LogP contribution is -2.10. The van der Waals surface area contributed by atoms with Crippen molar-refractivity contribution in [3.63, 3.8) is 0 Å². The van der Waals surface area contributed by atoms with Crippen LogP contribution in [0.3, 0.4) is 0 Å². The van der Waals surface area contributed by atoms with Gasteiger partial charge in [0.25, 0.3) is 0 Å². The van der Waals surface area contributed by atoms with E-state index in [0.29, 0.717) is 28.1 Å². The van der Waals surface area contributed by atoms with Crippen LogP contribution in [0.5, 0.6) is 11.5 Å². The van der Waals surface area contributed by atoms with Crippen LogP contribution in [-0.4, -0.2) is 26.5 Å². The monoisotopic (exact) mass is 373 g/mol. The molecule has 3 N–H and O–H groups in total. The number of amides is 1. The standard InChI is InChI=1S/C21H15N3O4/c22-20(25)13-2-1-3-17(10-13)28-16-7-5-15(6-8-16)24-12-23-18-9-4-14(21(26)27)11-19(18)24/h1-12H,(H2,22,25)(H,26,27). The number of carbonyl (C=O) groups excluding carboxylic acids is 1. The second-order valence-electron chi connectivity index (χ2n) is 6.11. The zero-order valence-corrected chi connectivity index (χ0v) is 14.6. The zero-order valence-electron chi connectivity index (χ0n) is 14.6. The number of ether oxygens (including phenoxy) is 1. The smallest absolute Gasteiger partial charge is 0.335 e. The lowest BCUT2D eigenvalue weighted by atomic mass is 10.2. The van der Waals surface area contributed by atoms with Crippen LogP contribution in [0.25, 0.3) is 16.7 Å². The number of primary amides is 1. The van der Waals surface area contributed by atoms with Crippen LogP contribution < -0.4 is 10.5 Å². The van der Waals surface area contributed by atoms with Crippen molar-refractivity contribution in [2.45, 2.75) is 0 Å². The molecule has 0 aliphatic heterocycles. The first-order valence-electron chi connectivity index (χ1n) is 8.40. The van der Waals surface area contributed by atoms with Gasteiger partial charge in [0.2, 0.25) is 5.91 Å². The Morgan fingerprint density at radius 1 is 0.929 bits per heavy atom. The Hall–Kier alpha value is -4.13. The number of carboxylic acids is 1. The molecule has 3 aromatic carbocycles. The van der Waals surface area contributed by atoms with E-state index in [4.69, 9.17) is 10.5 Å². The van der Waals surface area contributed by atoms with Crippen LogP contribution >= 0.6 is 0 Å². The van der Waals surface area contributed by atoms with Gasteiger partial charge in [0.15, 0.2) is 0 Å². The first kappa shape index (κ1) is 17.3. The third-order valence-electron chi connectivity index (χ3n) is 4.26. The van der Waals surface area contributed by atoms with E-state index >= 15 is 0 Å². The molecule has 0 atom stereocenters. The lowest BCUT2D eigenvalue weighted by molar-refractivity contribution is 0.0696. The number of fused-ring (bicyclic) bond motifs is 1. The Balaban J connectivity index is 1.62. The van der Waals surface area contributed by atoms with Crippen molar-refractivity contribution in [1.82, 2.24) is 9.55 Å². The van der Waals surface area contributed by atoms with Crippen molar-refractivity contribution < 1.29 is 19.4 Å². The van der Waals surface area contributed by atoms with Crippen LogP contribution in [0.15, 0.2) is 73.1 Å². The van der Waals surface area contributed by atoms with Crippen LogP contribution in [0.4, 0.5) is 0 Å². The average Bonchev–Trinajstić information content (AvgIpc) is 3.12. The third kappa shape index (κ3) is 3.28. The van der Waals surface area contributed by atoms with E-state index in [2.05, 4.69) is 4.98 Å². The van der Waals surface area contributed by atoms with Gasteiger partial charge in [0.05, 0.1) is 16.6 Å². The Morgan fingerprint density at radius 2 is 1.71 bits per heavy atom. The Bertz CT molecular complexity index is 1200. The number of benzene rings is 3. The molecule has 0 aliphatic carbocycles. The molecule has 0 fully saturated rings. The summed E-state index contributed by atoms with van der Waals surface area (Å²) >= 11 is 0. The number of aromatic nitrogens is 2. The maximum Gasteiger partial charge on any atom is 0.335 e. The number of aromatic carboxylic acids is 1. The highest BCUT2D eigenvalue weighted by Gasteiger charge is 2.10. The van der Waals surface area contributed by atoms with Crippen LogP contribution in [-0.2, 0) is 0 Å². The van der Waals surface area contributed by atoms with Gasteiger partial charge in [-0.3, -0.25) is 9.36 Å². The largest absolute Gasteiger partial charge is 0.478 e. The van der Waals surface area contributed by atoms with Crippen molar-refractivity contribution in [2.75, 3.05) is 0 Å². The molecule has 138 valence electrons. The molecular weight excluding hydrogens is 358 g/mol. The topological polar surface area (TPSA) is 107 Å². The van der Waals surface area contributed by atoms with Crippen LogP contribution in [0.1, 0.15) is 20.7 Å². The van der Waals surface area contributed by atoms with Crippen LogP contribution in [0.2, 0.25) is 0 Å². The van der Waals surface area contributed by atoms with Gasteiger partial charge in [0, 0.05) is 11.3 Å². The first-order chi connectivity index (χ1) is 13.5. The summed E-state index contributed by atoms with van der Waals surface area (Å²) in [7, 11) is 0. The fourth-order valence-corrected chi connectivity index (χ4v) is 2.87. The molecule has 7 nitrogen and oxygen atoms in total. The summed E-state index contributed by atoms with van der Waals surface area (Å²) in [6, 6.07) is 18.6. The Morgan fingerprint density at radius 3 is 2.43 bits per heavy atom. The van der Waals surface area contributed by atoms with E-state index in [1.807, 2.05) is 12.1 Å². The van der Waals surface area contributed by atoms with Crippen molar-refractivity contribution in [3.05, 3.63) is 84.2 Å². The number of carbonyl (C=O) groups is 2. The Kier molecular flexibility index (Phi) is 4.25. The normalized spacial score (nSPS) is 10.7. The van der Waals surface area contributed by atoms with Gasteiger partial charge in [-0.05, 0) is 60.7 Å². The Labute approximate surface area is 159 Å². The molecular formula is C21H15N3O4. The van der Waals surface area contributed by atoms with Gasteiger partial charge in [-0.25, -0.2) is 9.78 Å². The molecule has 1 heterocycles. The quantitative estimate of drug-likeness (QED) is 0.556. The third-order valence-corrected chi connectivity index (χ3v) is 4.26. The molecule has 4 rings (SSSR count). The van der Waals surface area contributed by atoms with Crippen molar-refractivity contribution in [1.29, 1.82) is 0 Å². The molecule has 0 aliphatic rings. The molecule has 0 unspecified atom stereocenters. The summed E-state index contributed by atoms with van der Waals surface area (Å²) in [5, 5.41) is 9.20. The molecule has 1 aromatic heterocycles. The minimum Gasteiger partial charge on any atom is -0.478 e. The highest BCUT2D eigenvalue weighted by atomic mass is 16.5. The van der Waals surface area contributed by atoms with Crippen LogP contribution in [0, 0.1) is 0 Å². The van der Waals surface area contributed by atoms with Crippen molar-refractivity contribution in [2.24, 2.45) is 5.73 Å². The van der Waals surface area contributed by atoms with Gasteiger partial charge in [-0.1, -0.05) is 6.07 Å². The van der Waals surface area contributed by atoms with E-state index in [-0.39, 0.29) is 5.56 Å². The van der Waals surface area contributed by atoms with Gasteiger partial charge >= 0.3 is 5.97 Å². The summed E-state index contributed by atoms with van der Waals surface area (Å²) in [4.78, 5) is 26.8. The molecule has 4 aromatic rings. The fraction of sp³-hybridized carbons (Fsp3) is 0. The van der Waals surface area contributed by atoms with Gasteiger partial charge < -0.3 is 15.6 Å². The van der Waals surface area contributed by atoms with E-state index in [1.165, 1.54) is 6.07 Å². The predicted octanol–water partition coefficient (Wildman–Crippen LogP) is 3.61. The highest BCUT2D eigenvalue weighted by Crippen LogP contribution is 2.25. The van der Waals surface area contributed by atoms with Crippen molar-refractivity contribution >= 4 is 22.9 Å². The number of nitrogens with zero attached hydrogens (tertiary/aromatic N) is 2. The number of imidazole rings is 1. The van der Waals surface area contributed by atoms with E-state index in [1.54, 1.807) is 59.4 Å². The van der Waals surface area contributed by atoms with Crippen molar-refractivity contribution in [3.8, 4) is 17.2 Å². The van der Waals surface area contributed by atoms with Gasteiger partial charge in [0.1, 0.15) is 17.8 Å². The number of carboxylic acid groups (broad SMARTS) is 1. The second kappa shape index (κ2) is 6.88.